The van der Waals surface area contributed by atoms with Gasteiger partial charge in [-0.15, -0.1) is 0 Å². The molecule has 1 aliphatic carbocycles. The van der Waals surface area contributed by atoms with Crippen molar-refractivity contribution in [1.29, 1.82) is 5.26 Å². The van der Waals surface area contributed by atoms with E-state index in [2.05, 4.69) is 6.57 Å². The first-order valence-corrected chi connectivity index (χ1v) is 4.64. The van der Waals surface area contributed by atoms with Crippen molar-refractivity contribution in [3.05, 3.63) is 10.6 Å². The van der Waals surface area contributed by atoms with Crippen molar-refractivity contribution in [2.45, 2.75) is 13.8 Å². The Morgan fingerprint density at radius 2 is 1.93 bits per heavy atom. The molecule has 1 rings (SSSR count). The summed E-state index contributed by atoms with van der Waals surface area (Å²) >= 11 is 10.9. The molecule has 2 unspecified atom stereocenters. The molecule has 0 spiro atoms. The van der Waals surface area contributed by atoms with Gasteiger partial charge in [-0.1, -0.05) is 37.0 Å². The summed E-state index contributed by atoms with van der Waals surface area (Å²) in [5, 5.41) is 15.3. The number of nitriles is 1. The Morgan fingerprint density at radius 3 is 2.14 bits per heavy atom. The van der Waals surface area contributed by atoms with Gasteiger partial charge in [-0.3, -0.25) is 4.79 Å². The number of hydrogen-bond donors (Lipinski definition) is 1. The minimum absolute atomic E-state index is 0.0278. The summed E-state index contributed by atoms with van der Waals surface area (Å²) < 4.78 is 0.150. The number of carbonyl (C=O) groups is 1. The van der Waals surface area contributed by atoms with E-state index in [0.29, 0.717) is 0 Å². The molecule has 1 saturated carbocycles. The van der Waals surface area contributed by atoms with Crippen LogP contribution in [0, 0.1) is 29.1 Å². The Bertz CT molecular complexity index is 280. The zero-order chi connectivity index (χ0) is 11.5. The Labute approximate surface area is 92.9 Å². The number of carboxylic acid groups (broad SMARTS) is 1. The van der Waals surface area contributed by atoms with Crippen LogP contribution in [0.4, 0.5) is 0 Å². The molecule has 0 amide bonds. The molecule has 1 aliphatic rings. The molecular weight excluding hydrogens is 225 g/mol. The van der Waals surface area contributed by atoms with Gasteiger partial charge in [0.25, 0.3) is 0 Å². The molecule has 0 bridgehead atoms. The third-order valence-electron chi connectivity index (χ3n) is 2.48. The Kier molecular flexibility index (Phi) is 4.44. The van der Waals surface area contributed by atoms with Gasteiger partial charge in [0.15, 0.2) is 0 Å². The van der Waals surface area contributed by atoms with Gasteiger partial charge < -0.3 is 5.11 Å². The summed E-state index contributed by atoms with van der Waals surface area (Å²) in [4.78, 5) is 10.7. The van der Waals surface area contributed by atoms with Crippen LogP contribution in [0.1, 0.15) is 13.8 Å². The van der Waals surface area contributed by atoms with Gasteiger partial charge in [0.2, 0.25) is 0 Å². The summed E-state index contributed by atoms with van der Waals surface area (Å²) in [6, 6.07) is 0. The van der Waals surface area contributed by atoms with Crippen LogP contribution in [0.2, 0.25) is 0 Å². The van der Waals surface area contributed by atoms with Gasteiger partial charge >= 0.3 is 5.97 Å². The minimum atomic E-state index is -0.782. The highest BCUT2D eigenvalue weighted by atomic mass is 35.5. The van der Waals surface area contributed by atoms with Gasteiger partial charge in [0.1, 0.15) is 4.49 Å². The molecule has 0 radical (unpaired) electrons. The smallest absolute Gasteiger partial charge is 0.307 e. The summed E-state index contributed by atoms with van der Waals surface area (Å²) in [6.07, 6.45) is 1.60. The highest BCUT2D eigenvalue weighted by Gasteiger charge is 2.60. The second-order valence-electron chi connectivity index (χ2n) is 3.62. The van der Waals surface area contributed by atoms with Crippen molar-refractivity contribution < 1.29 is 9.90 Å². The zero-order valence-corrected chi connectivity index (χ0v) is 9.38. The van der Waals surface area contributed by atoms with Gasteiger partial charge in [0.05, 0.1) is 5.92 Å². The molecule has 0 saturated heterocycles. The highest BCUT2D eigenvalue weighted by molar-refractivity contribution is 6.55. The SMILES string of the molecule is C#N.CC1(C)C(C=C(Cl)Cl)C1C(=O)O. The van der Waals surface area contributed by atoms with Crippen LogP contribution < -0.4 is 0 Å². The summed E-state index contributed by atoms with van der Waals surface area (Å²) in [7, 11) is 0. The maximum absolute atomic E-state index is 10.7. The van der Waals surface area contributed by atoms with E-state index >= 15 is 0 Å². The summed E-state index contributed by atoms with van der Waals surface area (Å²) in [6.45, 7) is 7.29. The van der Waals surface area contributed by atoms with Gasteiger partial charge in [-0.05, 0) is 17.4 Å². The van der Waals surface area contributed by atoms with Crippen LogP contribution in [-0.2, 0) is 4.79 Å². The third kappa shape index (κ3) is 2.63. The fourth-order valence-electron chi connectivity index (χ4n) is 1.60. The summed E-state index contributed by atoms with van der Waals surface area (Å²) in [5.74, 6) is -1.15. The van der Waals surface area contributed by atoms with Crippen LogP contribution in [0.25, 0.3) is 0 Å². The molecule has 3 nitrogen and oxygen atoms in total. The van der Waals surface area contributed by atoms with Crippen molar-refractivity contribution in [1.82, 2.24) is 0 Å². The van der Waals surface area contributed by atoms with Gasteiger partial charge in [-0.2, -0.15) is 0 Å². The van der Waals surface area contributed by atoms with Crippen molar-refractivity contribution in [3.63, 3.8) is 0 Å². The van der Waals surface area contributed by atoms with Crippen LogP contribution in [-0.4, -0.2) is 11.1 Å². The van der Waals surface area contributed by atoms with Gasteiger partial charge in [0, 0.05) is 6.57 Å². The normalized spacial score (nSPS) is 26.7. The lowest BCUT2D eigenvalue weighted by Crippen LogP contribution is -2.02. The molecule has 0 aromatic heterocycles. The number of allylic oxidation sites excluding steroid dienone is 1. The standard InChI is InChI=1S/C8H10Cl2O2.CHN/c1-8(2)4(3-5(9)10)6(8)7(11)12;1-2/h3-4,6H,1-2H3,(H,11,12);1H. The topological polar surface area (TPSA) is 61.1 Å². The predicted octanol–water partition coefficient (Wildman–Crippen LogP) is 2.80. The van der Waals surface area contributed by atoms with Crippen LogP contribution >= 0.6 is 23.2 Å². The first kappa shape index (κ1) is 13.3. The summed E-state index contributed by atoms with van der Waals surface area (Å²) in [5.41, 5.74) is -0.207. The van der Waals surface area contributed by atoms with Gasteiger partial charge in [-0.25, -0.2) is 5.26 Å². The van der Waals surface area contributed by atoms with Crippen LogP contribution in [0.3, 0.4) is 0 Å². The van der Waals surface area contributed by atoms with Crippen molar-refractivity contribution >= 4 is 29.2 Å². The molecule has 1 N–H and O–H groups in total. The Morgan fingerprint density at radius 1 is 1.50 bits per heavy atom. The van der Waals surface area contributed by atoms with E-state index in [1.807, 2.05) is 13.8 Å². The first-order chi connectivity index (χ1) is 6.37. The van der Waals surface area contributed by atoms with Crippen LogP contribution in [0.5, 0.6) is 0 Å². The third-order valence-corrected chi connectivity index (χ3v) is 2.73. The van der Waals surface area contributed by atoms with Crippen LogP contribution in [0.15, 0.2) is 10.6 Å². The quantitative estimate of drug-likeness (QED) is 0.801. The first-order valence-electron chi connectivity index (χ1n) is 3.89. The fourth-order valence-corrected chi connectivity index (χ4v) is 1.87. The van der Waals surface area contributed by atoms with E-state index in [0.717, 1.165) is 0 Å². The molecule has 0 aromatic carbocycles. The molecule has 0 aliphatic heterocycles. The number of halogens is 2. The lowest BCUT2D eigenvalue weighted by molar-refractivity contribution is -0.139. The molecule has 5 heteroatoms. The van der Waals surface area contributed by atoms with E-state index in [4.69, 9.17) is 33.6 Å². The molecule has 0 heterocycles. The molecule has 14 heavy (non-hydrogen) atoms. The van der Waals surface area contributed by atoms with E-state index in [9.17, 15) is 4.79 Å². The average Bonchev–Trinajstić information content (AvgIpc) is 2.56. The van der Waals surface area contributed by atoms with E-state index in [1.165, 1.54) is 0 Å². The number of rotatable bonds is 2. The number of nitrogens with zero attached hydrogens (tertiary/aromatic N) is 1. The fraction of sp³-hybridized carbons (Fsp3) is 0.556. The second-order valence-corrected chi connectivity index (χ2v) is 4.63. The molecule has 2 atom stereocenters. The lowest BCUT2D eigenvalue weighted by atomic mass is 10.1. The zero-order valence-electron chi connectivity index (χ0n) is 7.87. The van der Waals surface area contributed by atoms with E-state index < -0.39 is 5.97 Å². The molecular formula is C9H11Cl2NO2. The van der Waals surface area contributed by atoms with E-state index in [-0.39, 0.29) is 21.7 Å². The maximum Gasteiger partial charge on any atom is 0.307 e. The highest BCUT2D eigenvalue weighted by Crippen LogP contribution is 2.59. The second kappa shape index (κ2) is 4.68. The number of carboxylic acids is 1. The molecule has 0 aromatic rings. The lowest BCUT2D eigenvalue weighted by Gasteiger charge is -1.96. The van der Waals surface area contributed by atoms with Crippen molar-refractivity contribution in [3.8, 4) is 6.57 Å². The number of hydrogen-bond acceptors (Lipinski definition) is 2. The Hall–Kier alpha value is -0.720. The maximum atomic E-state index is 10.7. The largest absolute Gasteiger partial charge is 0.481 e. The average molecular weight is 236 g/mol. The Balaban J connectivity index is 0.000000791. The molecule has 1 fully saturated rings. The van der Waals surface area contributed by atoms with Crippen molar-refractivity contribution in [2.75, 3.05) is 0 Å². The van der Waals surface area contributed by atoms with E-state index in [1.54, 1.807) is 6.08 Å². The minimum Gasteiger partial charge on any atom is -0.481 e. The predicted molar refractivity (Wildman–Crippen MR) is 54.9 cm³/mol. The molecule has 78 valence electrons. The monoisotopic (exact) mass is 235 g/mol. The van der Waals surface area contributed by atoms with Crippen molar-refractivity contribution in [2.24, 2.45) is 17.3 Å². The number of aliphatic carboxylic acids is 1.